The van der Waals surface area contributed by atoms with Gasteiger partial charge in [-0.25, -0.2) is 4.79 Å². The van der Waals surface area contributed by atoms with Crippen molar-refractivity contribution in [2.75, 3.05) is 13.2 Å². The van der Waals surface area contributed by atoms with Gasteiger partial charge in [-0.05, 0) is 42.8 Å². The molecule has 0 saturated carbocycles. The molecule has 0 N–H and O–H groups in total. The van der Waals surface area contributed by atoms with Crippen LogP contribution in [0, 0.1) is 19.3 Å². The molecule has 0 saturated heterocycles. The molecule has 0 spiro atoms. The Labute approximate surface area is 187 Å². The smallest absolute Gasteiger partial charge is 0.411 e. The van der Waals surface area contributed by atoms with Crippen molar-refractivity contribution < 1.29 is 18.4 Å². The maximum Gasteiger partial charge on any atom is 0.411 e. The summed E-state index contributed by atoms with van der Waals surface area (Å²) in [6, 6.07) is 13.1. The second-order valence-corrected chi connectivity index (χ2v) is 14.1. The minimum atomic E-state index is -2.02. The van der Waals surface area contributed by atoms with Crippen LogP contribution >= 0.6 is 0 Å². The van der Waals surface area contributed by atoms with Gasteiger partial charge in [0.15, 0.2) is 8.32 Å². The van der Waals surface area contributed by atoms with Gasteiger partial charge < -0.3 is 13.6 Å². The number of rotatable bonds is 9. The molecule has 1 aromatic heterocycles. The van der Waals surface area contributed by atoms with Gasteiger partial charge in [-0.2, -0.15) is 0 Å². The first-order chi connectivity index (χ1) is 14.5. The van der Waals surface area contributed by atoms with Crippen molar-refractivity contribution >= 4 is 14.4 Å². The molecule has 0 radical (unpaired) electrons. The van der Waals surface area contributed by atoms with Crippen molar-refractivity contribution in [2.45, 2.75) is 64.9 Å². The van der Waals surface area contributed by atoms with Gasteiger partial charge >= 0.3 is 6.09 Å². The van der Waals surface area contributed by atoms with Crippen LogP contribution in [0.5, 0.6) is 0 Å². The maximum atomic E-state index is 13.0. The number of aryl methyl sites for hydroxylation is 1. The third kappa shape index (κ3) is 7.30. The van der Waals surface area contributed by atoms with Gasteiger partial charge in [-0.15, -0.1) is 6.42 Å². The van der Waals surface area contributed by atoms with Crippen molar-refractivity contribution in [3.05, 3.63) is 59.5 Å². The topological polar surface area (TPSA) is 51.9 Å². The molecule has 1 amide bonds. The van der Waals surface area contributed by atoms with Crippen LogP contribution in [0.25, 0.3) is 0 Å². The second kappa shape index (κ2) is 10.7. The molecule has 0 fully saturated rings. The standard InChI is InChI=1S/C25H35NO4Si/c1-8-16-26(24(27)28-18-21-12-10-9-11-13-21)22(17-23-15-14-20(2)30-23)19-29-31(6,7)25(3,4)5/h1,9-15,22H,16-19H2,2-7H3/t22-/m1/s1. The molecule has 31 heavy (non-hydrogen) atoms. The Kier molecular flexibility index (Phi) is 8.55. The molecule has 2 rings (SSSR count). The minimum Gasteiger partial charge on any atom is -0.466 e. The van der Waals surface area contributed by atoms with Gasteiger partial charge in [0.2, 0.25) is 0 Å². The SMILES string of the molecule is C#CCN(C(=O)OCc1ccccc1)[C@@H](CO[Si](C)(C)C(C)(C)C)Cc1ccc(C)o1. The number of amides is 1. The van der Waals surface area contributed by atoms with Crippen molar-refractivity contribution in [1.82, 2.24) is 4.90 Å². The lowest BCUT2D eigenvalue weighted by atomic mass is 10.1. The second-order valence-electron chi connectivity index (χ2n) is 9.31. The molecule has 0 aliphatic rings. The van der Waals surface area contributed by atoms with E-state index in [0.717, 1.165) is 17.1 Å². The lowest BCUT2D eigenvalue weighted by Crippen LogP contribution is -2.49. The molecule has 1 heterocycles. The van der Waals surface area contributed by atoms with Gasteiger partial charge in [0.25, 0.3) is 0 Å². The predicted octanol–water partition coefficient (Wildman–Crippen LogP) is 5.79. The zero-order valence-electron chi connectivity index (χ0n) is 19.6. The predicted molar refractivity (Wildman–Crippen MR) is 126 cm³/mol. The molecule has 2 aromatic rings. The van der Waals surface area contributed by atoms with E-state index in [9.17, 15) is 4.79 Å². The molecule has 5 nitrogen and oxygen atoms in total. The lowest BCUT2D eigenvalue weighted by Gasteiger charge is -2.38. The highest BCUT2D eigenvalue weighted by Gasteiger charge is 2.38. The van der Waals surface area contributed by atoms with E-state index in [1.165, 1.54) is 0 Å². The number of carbonyl (C=O) groups excluding carboxylic acids is 1. The lowest BCUT2D eigenvalue weighted by molar-refractivity contribution is 0.0706. The summed E-state index contributed by atoms with van der Waals surface area (Å²) in [5.74, 6) is 4.21. The first kappa shape index (κ1) is 24.8. The van der Waals surface area contributed by atoms with E-state index in [-0.39, 0.29) is 24.2 Å². The Bertz CT molecular complexity index is 877. The highest BCUT2D eigenvalue weighted by molar-refractivity contribution is 6.74. The highest BCUT2D eigenvalue weighted by Crippen LogP contribution is 2.36. The fourth-order valence-electron chi connectivity index (χ4n) is 2.85. The van der Waals surface area contributed by atoms with Gasteiger partial charge in [-0.1, -0.05) is 57.0 Å². The largest absolute Gasteiger partial charge is 0.466 e. The van der Waals surface area contributed by atoms with Gasteiger partial charge in [0.1, 0.15) is 18.1 Å². The number of hydrogen-bond donors (Lipinski definition) is 0. The molecule has 6 heteroatoms. The monoisotopic (exact) mass is 441 g/mol. The highest BCUT2D eigenvalue weighted by atomic mass is 28.4. The number of terminal acetylenes is 1. The van der Waals surface area contributed by atoms with Crippen LogP contribution in [0.3, 0.4) is 0 Å². The maximum absolute atomic E-state index is 13.0. The van der Waals surface area contributed by atoms with Crippen LogP contribution in [0.2, 0.25) is 18.1 Å². The fraction of sp³-hybridized carbons (Fsp3) is 0.480. The minimum absolute atomic E-state index is 0.0591. The summed E-state index contributed by atoms with van der Waals surface area (Å²) in [5, 5.41) is 0.0591. The third-order valence-corrected chi connectivity index (χ3v) is 10.3. The van der Waals surface area contributed by atoms with Gasteiger partial charge in [0, 0.05) is 6.42 Å². The van der Waals surface area contributed by atoms with E-state index >= 15 is 0 Å². The Hall–Kier alpha value is -2.49. The van der Waals surface area contributed by atoms with E-state index < -0.39 is 14.4 Å². The van der Waals surface area contributed by atoms with Crippen molar-refractivity contribution in [3.8, 4) is 12.3 Å². The van der Waals surface area contributed by atoms with Crippen LogP contribution in [-0.4, -0.2) is 38.5 Å². The molecule has 0 aliphatic heterocycles. The number of nitrogens with zero attached hydrogens (tertiary/aromatic N) is 1. The summed E-state index contributed by atoms with van der Waals surface area (Å²) in [5.41, 5.74) is 0.923. The first-order valence-corrected chi connectivity index (χ1v) is 13.5. The zero-order valence-corrected chi connectivity index (χ0v) is 20.6. The summed E-state index contributed by atoms with van der Waals surface area (Å²) < 4.78 is 17.8. The Morgan fingerprint density at radius 1 is 1.19 bits per heavy atom. The summed E-state index contributed by atoms with van der Waals surface area (Å²) >= 11 is 0. The van der Waals surface area contributed by atoms with E-state index in [2.05, 4.69) is 39.8 Å². The third-order valence-electron chi connectivity index (χ3n) is 5.82. The van der Waals surface area contributed by atoms with Crippen LogP contribution < -0.4 is 0 Å². The summed E-state index contributed by atoms with van der Waals surface area (Å²) in [4.78, 5) is 14.6. The fourth-order valence-corrected chi connectivity index (χ4v) is 3.89. The molecule has 1 atom stereocenters. The van der Waals surface area contributed by atoms with E-state index in [4.69, 9.17) is 20.0 Å². The number of benzene rings is 1. The Balaban J connectivity index is 2.19. The number of ether oxygens (including phenoxy) is 1. The van der Waals surface area contributed by atoms with Crippen LogP contribution in [0.4, 0.5) is 4.79 Å². The van der Waals surface area contributed by atoms with Crippen LogP contribution in [0.15, 0.2) is 46.9 Å². The van der Waals surface area contributed by atoms with E-state index in [0.29, 0.717) is 13.0 Å². The average Bonchev–Trinajstić information content (AvgIpc) is 3.12. The molecule has 1 aromatic carbocycles. The van der Waals surface area contributed by atoms with Gasteiger partial charge in [-0.3, -0.25) is 4.90 Å². The summed E-state index contributed by atoms with van der Waals surface area (Å²) in [6.45, 7) is 13.6. The summed E-state index contributed by atoms with van der Waals surface area (Å²) in [6.07, 6.45) is 5.66. The van der Waals surface area contributed by atoms with Crippen LogP contribution in [0.1, 0.15) is 37.9 Å². The normalized spacial score (nSPS) is 12.8. The summed E-state index contributed by atoms with van der Waals surface area (Å²) in [7, 11) is -2.02. The Morgan fingerprint density at radius 2 is 1.87 bits per heavy atom. The van der Waals surface area contributed by atoms with E-state index in [1.54, 1.807) is 4.90 Å². The Morgan fingerprint density at radius 3 is 2.42 bits per heavy atom. The van der Waals surface area contributed by atoms with Crippen molar-refractivity contribution in [3.63, 3.8) is 0 Å². The molecular weight excluding hydrogens is 406 g/mol. The van der Waals surface area contributed by atoms with Crippen LogP contribution in [-0.2, 0) is 22.2 Å². The number of furan rings is 1. The van der Waals surface area contributed by atoms with E-state index in [1.807, 2.05) is 49.4 Å². The zero-order chi connectivity index (χ0) is 23.1. The van der Waals surface area contributed by atoms with Crippen molar-refractivity contribution in [1.29, 1.82) is 0 Å². The molecule has 0 bridgehead atoms. The molecule has 0 aliphatic carbocycles. The van der Waals surface area contributed by atoms with Gasteiger partial charge in [0.05, 0.1) is 19.2 Å². The number of carbonyl (C=O) groups is 1. The molecule has 168 valence electrons. The van der Waals surface area contributed by atoms with Crippen molar-refractivity contribution in [2.24, 2.45) is 0 Å². The quantitative estimate of drug-likeness (QED) is 0.365. The number of hydrogen-bond acceptors (Lipinski definition) is 4. The molecular formula is C25H35NO4Si. The average molecular weight is 442 g/mol. The first-order valence-electron chi connectivity index (χ1n) is 10.6. The molecule has 0 unspecified atom stereocenters.